The highest BCUT2D eigenvalue weighted by Crippen LogP contribution is 2.59. The maximum Gasteiger partial charge on any atom is 0.271 e. The van der Waals surface area contributed by atoms with Gasteiger partial charge in [-0.1, -0.05) is 25.1 Å². The fourth-order valence-electron chi connectivity index (χ4n) is 8.97. The van der Waals surface area contributed by atoms with Crippen LogP contribution in [0.1, 0.15) is 74.0 Å². The predicted octanol–water partition coefficient (Wildman–Crippen LogP) is 5.77. The molecule has 5 aliphatic rings. The molecule has 3 aromatic rings. The summed E-state index contributed by atoms with van der Waals surface area (Å²) in [6.07, 6.45) is 12.8. The van der Waals surface area contributed by atoms with Crippen molar-refractivity contribution in [2.45, 2.75) is 65.3 Å². The van der Waals surface area contributed by atoms with E-state index in [1.807, 2.05) is 25.3 Å². The average Bonchev–Trinajstić information content (AvgIpc) is 3.04. The van der Waals surface area contributed by atoms with Crippen LogP contribution in [0.25, 0.3) is 11.1 Å². The lowest BCUT2D eigenvalue weighted by Crippen LogP contribution is -2.51. The van der Waals surface area contributed by atoms with Crippen molar-refractivity contribution >= 4 is 11.7 Å². The van der Waals surface area contributed by atoms with E-state index in [1.54, 1.807) is 6.20 Å². The van der Waals surface area contributed by atoms with Gasteiger partial charge >= 0.3 is 0 Å². The first-order valence-corrected chi connectivity index (χ1v) is 16.8. The lowest BCUT2D eigenvalue weighted by atomic mass is 9.49. The van der Waals surface area contributed by atoms with Gasteiger partial charge in [-0.2, -0.15) is 0 Å². The van der Waals surface area contributed by atoms with E-state index in [0.29, 0.717) is 17.7 Å². The Balaban J connectivity index is 0.914. The molecule has 8 heteroatoms. The number of carbonyl (C=O) groups excluding carboxylic acids is 1. The largest absolute Gasteiger partial charge is 0.492 e. The number of nitrogens with zero attached hydrogens (tertiary/aromatic N) is 5. The molecule has 8 nitrogen and oxygen atoms in total. The average molecular weight is 595 g/mol. The second-order valence-electron chi connectivity index (χ2n) is 13.8. The Kier molecular flexibility index (Phi) is 8.27. The number of aryl methyl sites for hydroxylation is 1. The number of amides is 1. The zero-order valence-corrected chi connectivity index (χ0v) is 26.3. The minimum absolute atomic E-state index is 0.0828. The number of nitrogens with one attached hydrogen (secondary N) is 1. The van der Waals surface area contributed by atoms with E-state index < -0.39 is 0 Å². The summed E-state index contributed by atoms with van der Waals surface area (Å²) in [5, 5.41) is 12.1. The van der Waals surface area contributed by atoms with Gasteiger partial charge in [-0.15, -0.1) is 10.2 Å². The third-order valence-electron chi connectivity index (χ3n) is 10.7. The molecular weight excluding hydrogens is 548 g/mol. The quantitative estimate of drug-likeness (QED) is 0.319. The normalized spacial score (nSPS) is 26.1. The van der Waals surface area contributed by atoms with E-state index in [-0.39, 0.29) is 5.91 Å². The van der Waals surface area contributed by atoms with Gasteiger partial charge in [-0.3, -0.25) is 14.7 Å². The summed E-state index contributed by atoms with van der Waals surface area (Å²) in [6, 6.07) is 12.6. The number of carbonyl (C=O) groups is 1. The highest BCUT2D eigenvalue weighted by molar-refractivity contribution is 5.92. The van der Waals surface area contributed by atoms with Crippen molar-refractivity contribution in [3.05, 3.63) is 65.6 Å². The Labute approximate surface area is 261 Å². The van der Waals surface area contributed by atoms with E-state index in [9.17, 15) is 4.79 Å². The van der Waals surface area contributed by atoms with Crippen molar-refractivity contribution in [1.29, 1.82) is 0 Å². The first kappa shape index (κ1) is 29.2. The number of rotatable bonds is 10. The molecule has 8 rings (SSSR count). The van der Waals surface area contributed by atoms with E-state index in [2.05, 4.69) is 61.5 Å². The highest BCUT2D eigenvalue weighted by atomic mass is 16.5. The standard InChI is InChI=1S/C36H46N6O2/c1-3-28-16-29(31-17-32(44-4-2)22-37-21-31)5-6-30(28)23-41-9-11-42(12-10-41)34-8-7-33(39-40-34)35(43)38-24-36-18-25-13-26(19-36)15-27(14-25)20-36/h5-8,16-17,21-22,25-27H,3-4,9-15,18-20,23-24H2,1-2H3,(H,38,43). The number of hydrogen-bond acceptors (Lipinski definition) is 7. The molecule has 3 heterocycles. The number of anilines is 1. The fraction of sp³-hybridized carbons (Fsp3) is 0.556. The van der Waals surface area contributed by atoms with Crippen LogP contribution in [-0.4, -0.2) is 65.3 Å². The molecule has 1 N–H and O–H groups in total. The van der Waals surface area contributed by atoms with Crippen LogP contribution >= 0.6 is 0 Å². The minimum atomic E-state index is -0.0828. The van der Waals surface area contributed by atoms with Gasteiger partial charge in [-0.25, -0.2) is 0 Å². The number of hydrogen-bond donors (Lipinski definition) is 1. The van der Waals surface area contributed by atoms with Crippen LogP contribution in [-0.2, 0) is 13.0 Å². The summed E-state index contributed by atoms with van der Waals surface area (Å²) in [6.45, 7) is 10.3. The maximum atomic E-state index is 13.0. The summed E-state index contributed by atoms with van der Waals surface area (Å²) < 4.78 is 5.65. The van der Waals surface area contributed by atoms with Crippen LogP contribution in [0.15, 0.2) is 48.8 Å². The Hall–Kier alpha value is -3.52. The van der Waals surface area contributed by atoms with Crippen molar-refractivity contribution < 1.29 is 9.53 Å². The molecule has 5 fully saturated rings. The molecule has 0 radical (unpaired) electrons. The smallest absolute Gasteiger partial charge is 0.271 e. The van der Waals surface area contributed by atoms with Crippen LogP contribution in [0.5, 0.6) is 5.75 Å². The number of ether oxygens (including phenoxy) is 1. The van der Waals surface area contributed by atoms with E-state index in [4.69, 9.17) is 4.74 Å². The number of pyridine rings is 1. The van der Waals surface area contributed by atoms with Crippen molar-refractivity contribution in [2.24, 2.45) is 23.2 Å². The Morgan fingerprint density at radius 2 is 1.64 bits per heavy atom. The lowest BCUT2D eigenvalue weighted by molar-refractivity contribution is -0.0503. The van der Waals surface area contributed by atoms with Gasteiger partial charge in [0.2, 0.25) is 0 Å². The van der Waals surface area contributed by atoms with Crippen LogP contribution in [0.4, 0.5) is 5.82 Å². The van der Waals surface area contributed by atoms with E-state index in [0.717, 1.165) is 80.6 Å². The topological polar surface area (TPSA) is 83.5 Å². The molecule has 4 bridgehead atoms. The molecule has 0 atom stereocenters. The molecule has 0 spiro atoms. The molecule has 1 aliphatic heterocycles. The third-order valence-corrected chi connectivity index (χ3v) is 10.7. The number of benzene rings is 1. The fourth-order valence-corrected chi connectivity index (χ4v) is 8.97. The van der Waals surface area contributed by atoms with E-state index >= 15 is 0 Å². The van der Waals surface area contributed by atoms with Crippen LogP contribution in [0, 0.1) is 23.2 Å². The van der Waals surface area contributed by atoms with Crippen molar-refractivity contribution in [3.63, 3.8) is 0 Å². The minimum Gasteiger partial charge on any atom is -0.492 e. The van der Waals surface area contributed by atoms with Gasteiger partial charge in [0.15, 0.2) is 11.5 Å². The Morgan fingerprint density at radius 1 is 0.886 bits per heavy atom. The lowest BCUT2D eigenvalue weighted by Gasteiger charge is -2.56. The third kappa shape index (κ3) is 6.19. The highest BCUT2D eigenvalue weighted by Gasteiger charge is 2.50. The molecule has 2 aromatic heterocycles. The first-order chi connectivity index (χ1) is 21.5. The van der Waals surface area contributed by atoms with Crippen LogP contribution in [0.2, 0.25) is 0 Å². The molecule has 44 heavy (non-hydrogen) atoms. The molecule has 1 aromatic carbocycles. The molecular formula is C36H46N6O2. The summed E-state index contributed by atoms with van der Waals surface area (Å²) in [4.78, 5) is 22.2. The molecule has 4 aliphatic carbocycles. The molecule has 4 saturated carbocycles. The zero-order chi connectivity index (χ0) is 30.1. The number of piperazine rings is 1. The Morgan fingerprint density at radius 3 is 2.30 bits per heavy atom. The summed E-state index contributed by atoms with van der Waals surface area (Å²) in [7, 11) is 0. The van der Waals surface area contributed by atoms with Gasteiger partial charge in [0, 0.05) is 51.0 Å². The monoisotopic (exact) mass is 594 g/mol. The second-order valence-corrected chi connectivity index (χ2v) is 13.8. The van der Waals surface area contributed by atoms with Crippen LogP contribution < -0.4 is 15.0 Å². The van der Waals surface area contributed by atoms with Gasteiger partial charge < -0.3 is 15.0 Å². The molecule has 1 amide bonds. The van der Waals surface area contributed by atoms with Crippen molar-refractivity contribution in [1.82, 2.24) is 25.4 Å². The van der Waals surface area contributed by atoms with Crippen LogP contribution in [0.3, 0.4) is 0 Å². The van der Waals surface area contributed by atoms with Gasteiger partial charge in [-0.05, 0) is 110 Å². The van der Waals surface area contributed by atoms with Gasteiger partial charge in [0.05, 0.1) is 12.8 Å². The summed E-state index contributed by atoms with van der Waals surface area (Å²) >= 11 is 0. The van der Waals surface area contributed by atoms with Gasteiger partial charge in [0.1, 0.15) is 5.75 Å². The molecule has 0 unspecified atom stereocenters. The Bertz CT molecular complexity index is 1430. The summed E-state index contributed by atoms with van der Waals surface area (Å²) in [5.41, 5.74) is 5.75. The number of aromatic nitrogens is 3. The molecule has 1 saturated heterocycles. The maximum absolute atomic E-state index is 13.0. The molecule has 232 valence electrons. The van der Waals surface area contributed by atoms with Crippen molar-refractivity contribution in [3.8, 4) is 16.9 Å². The SMILES string of the molecule is CCOc1cncc(-c2ccc(CN3CCN(c4ccc(C(=O)NCC56CC7CC(CC(C7)C5)C6)nn4)CC3)c(CC)c2)c1. The van der Waals surface area contributed by atoms with Gasteiger partial charge in [0.25, 0.3) is 5.91 Å². The van der Waals surface area contributed by atoms with E-state index in [1.165, 1.54) is 55.2 Å². The zero-order valence-electron chi connectivity index (χ0n) is 26.3. The second kappa shape index (κ2) is 12.5. The van der Waals surface area contributed by atoms with Crippen molar-refractivity contribution in [2.75, 3.05) is 44.2 Å². The summed E-state index contributed by atoms with van der Waals surface area (Å²) in [5.74, 6) is 4.24. The predicted molar refractivity (Wildman–Crippen MR) is 173 cm³/mol. The first-order valence-electron chi connectivity index (χ1n) is 16.8.